The number of nitrogens with one attached hydrogen (secondary N) is 2. The number of esters is 2. The number of carbonyl (C=O) groups is 4. The highest BCUT2D eigenvalue weighted by atomic mass is 32.1. The van der Waals surface area contributed by atoms with Crippen LogP contribution in [0.25, 0.3) is 0 Å². The van der Waals surface area contributed by atoms with Crippen molar-refractivity contribution in [3.05, 3.63) is 59.7 Å². The van der Waals surface area contributed by atoms with Crippen LogP contribution in [0.2, 0.25) is 0 Å². The fourth-order valence-corrected chi connectivity index (χ4v) is 3.08. The number of nitrogens with zero attached hydrogens (tertiary/aromatic N) is 2. The van der Waals surface area contributed by atoms with Gasteiger partial charge < -0.3 is 20.1 Å². The molecular weight excluding hydrogens is 480 g/mol. The fourth-order valence-electron chi connectivity index (χ4n) is 2.60. The van der Waals surface area contributed by atoms with E-state index >= 15 is 0 Å². The third kappa shape index (κ3) is 7.59. The van der Waals surface area contributed by atoms with E-state index < -0.39 is 35.8 Å². The Morgan fingerprint density at radius 3 is 1.29 bits per heavy atom. The molecule has 0 unspecified atom stereocenters. The molecule has 0 aliphatic carbocycles. The highest BCUT2D eigenvalue weighted by Gasteiger charge is 2.21. The summed E-state index contributed by atoms with van der Waals surface area (Å²) in [5, 5.41) is 13.3. The number of thiol groups is 2. The molecule has 12 heteroatoms. The van der Waals surface area contributed by atoms with Crippen molar-refractivity contribution in [1.29, 1.82) is 0 Å². The summed E-state index contributed by atoms with van der Waals surface area (Å²) in [5.74, 6) is -1.86. The summed E-state index contributed by atoms with van der Waals surface area (Å²) in [5.41, 5.74) is 1.64. The van der Waals surface area contributed by atoms with Gasteiger partial charge in [0.05, 0.1) is 25.6 Å². The third-order valence-corrected chi connectivity index (χ3v) is 5.22. The zero-order valence-corrected chi connectivity index (χ0v) is 20.2. The van der Waals surface area contributed by atoms with Gasteiger partial charge in [-0.3, -0.25) is 9.59 Å². The maximum absolute atomic E-state index is 12.3. The van der Waals surface area contributed by atoms with E-state index in [1.54, 1.807) is 48.5 Å². The van der Waals surface area contributed by atoms with Gasteiger partial charge >= 0.3 is 11.9 Å². The standard InChI is InChI=1S/C22H24N4O6S2/c1-31-21(29)17(11-33)23-19(27)13-3-7-15(8-4-13)25-26-16-9-5-14(6-10-16)20(28)24-18(12-34)22(30)32-2/h3-10,17-18,33-34H,11-12H2,1-2H3,(H,23,27)(H,24,28)/t17-,18-/m0/s1. The summed E-state index contributed by atoms with van der Waals surface area (Å²) in [7, 11) is 2.47. The average molecular weight is 505 g/mol. The van der Waals surface area contributed by atoms with E-state index in [1.165, 1.54) is 14.2 Å². The smallest absolute Gasteiger partial charge is 0.329 e. The maximum atomic E-state index is 12.3. The van der Waals surface area contributed by atoms with Crippen LogP contribution in [0.5, 0.6) is 0 Å². The number of carbonyl (C=O) groups excluding carboxylic acids is 4. The number of azo groups is 1. The molecule has 2 atom stereocenters. The molecule has 0 aliphatic heterocycles. The Balaban J connectivity index is 1.99. The first kappa shape index (κ1) is 26.9. The molecule has 34 heavy (non-hydrogen) atoms. The van der Waals surface area contributed by atoms with Crippen LogP contribution >= 0.6 is 25.3 Å². The minimum absolute atomic E-state index is 0.103. The molecule has 180 valence electrons. The van der Waals surface area contributed by atoms with Crippen molar-refractivity contribution < 1.29 is 28.7 Å². The number of methoxy groups -OCH3 is 2. The summed E-state index contributed by atoms with van der Waals surface area (Å²) < 4.78 is 9.23. The van der Waals surface area contributed by atoms with E-state index in [-0.39, 0.29) is 11.5 Å². The first-order valence-electron chi connectivity index (χ1n) is 9.93. The molecule has 0 radical (unpaired) electrons. The lowest BCUT2D eigenvalue weighted by Crippen LogP contribution is -2.42. The van der Waals surface area contributed by atoms with Gasteiger partial charge in [0.2, 0.25) is 0 Å². The molecule has 2 aromatic carbocycles. The molecule has 0 spiro atoms. The normalized spacial score (nSPS) is 12.5. The quantitative estimate of drug-likeness (QED) is 0.223. The van der Waals surface area contributed by atoms with Crippen LogP contribution in [-0.4, -0.2) is 61.6 Å². The largest absolute Gasteiger partial charge is 0.467 e. The van der Waals surface area contributed by atoms with Crippen LogP contribution in [0.4, 0.5) is 11.4 Å². The van der Waals surface area contributed by atoms with Gasteiger partial charge in [0, 0.05) is 22.6 Å². The Labute approximate surface area is 207 Å². The number of ether oxygens (including phenoxy) is 2. The summed E-state index contributed by atoms with van der Waals surface area (Å²) in [6.07, 6.45) is 0. The number of amides is 2. The van der Waals surface area contributed by atoms with E-state index in [4.69, 9.17) is 0 Å². The Hall–Kier alpha value is -3.38. The van der Waals surface area contributed by atoms with Crippen LogP contribution in [0, 0.1) is 0 Å². The molecule has 2 amide bonds. The van der Waals surface area contributed by atoms with E-state index in [0.29, 0.717) is 22.5 Å². The van der Waals surface area contributed by atoms with Crippen molar-refractivity contribution >= 4 is 60.4 Å². The SMILES string of the molecule is COC(=O)[C@H](CS)NC(=O)c1ccc(N=Nc2ccc(C(=O)N[C@@H](CS)C(=O)OC)cc2)cc1. The van der Waals surface area contributed by atoms with Crippen molar-refractivity contribution in [3.63, 3.8) is 0 Å². The molecule has 0 aromatic heterocycles. The minimum atomic E-state index is -0.852. The fraction of sp³-hybridized carbons (Fsp3) is 0.273. The van der Waals surface area contributed by atoms with Crippen LogP contribution in [-0.2, 0) is 19.1 Å². The van der Waals surface area contributed by atoms with E-state index in [1.807, 2.05) is 0 Å². The zero-order chi connectivity index (χ0) is 25.1. The zero-order valence-electron chi connectivity index (χ0n) is 18.4. The van der Waals surface area contributed by atoms with Gasteiger partial charge in [0.1, 0.15) is 12.1 Å². The number of hydrogen-bond acceptors (Lipinski definition) is 10. The molecule has 0 heterocycles. The van der Waals surface area contributed by atoms with Crippen molar-refractivity contribution in [3.8, 4) is 0 Å². The van der Waals surface area contributed by atoms with Gasteiger partial charge in [-0.2, -0.15) is 35.5 Å². The van der Waals surface area contributed by atoms with Gasteiger partial charge in [-0.15, -0.1) is 0 Å². The first-order chi connectivity index (χ1) is 16.3. The molecule has 10 nitrogen and oxygen atoms in total. The highest BCUT2D eigenvalue weighted by Crippen LogP contribution is 2.19. The summed E-state index contributed by atoms with van der Waals surface area (Å²) in [6, 6.07) is 10.9. The second-order valence-corrected chi connectivity index (χ2v) is 7.49. The van der Waals surface area contributed by atoms with Crippen LogP contribution < -0.4 is 10.6 Å². The molecule has 2 rings (SSSR count). The van der Waals surface area contributed by atoms with Crippen LogP contribution in [0.1, 0.15) is 20.7 Å². The molecule has 2 N–H and O–H groups in total. The van der Waals surface area contributed by atoms with Crippen molar-refractivity contribution in [2.45, 2.75) is 12.1 Å². The van der Waals surface area contributed by atoms with E-state index in [0.717, 1.165) is 0 Å². The molecule has 0 saturated carbocycles. The van der Waals surface area contributed by atoms with Gasteiger partial charge in [0.25, 0.3) is 11.8 Å². The molecule has 0 aliphatic rings. The first-order valence-corrected chi connectivity index (χ1v) is 11.2. The van der Waals surface area contributed by atoms with Crippen molar-refractivity contribution in [1.82, 2.24) is 10.6 Å². The number of hydrogen-bond donors (Lipinski definition) is 4. The Morgan fingerprint density at radius 2 is 1.03 bits per heavy atom. The van der Waals surface area contributed by atoms with Gasteiger partial charge in [0.15, 0.2) is 0 Å². The van der Waals surface area contributed by atoms with Crippen molar-refractivity contribution in [2.75, 3.05) is 25.7 Å². The Morgan fingerprint density at radius 1 is 0.706 bits per heavy atom. The minimum Gasteiger partial charge on any atom is -0.467 e. The monoisotopic (exact) mass is 504 g/mol. The van der Waals surface area contributed by atoms with Gasteiger partial charge in [-0.1, -0.05) is 0 Å². The molecule has 0 saturated heterocycles. The van der Waals surface area contributed by atoms with Crippen LogP contribution in [0.3, 0.4) is 0 Å². The third-order valence-electron chi connectivity index (χ3n) is 4.49. The van der Waals surface area contributed by atoms with Crippen LogP contribution in [0.15, 0.2) is 58.8 Å². The maximum Gasteiger partial charge on any atom is 0.329 e. The molecule has 0 bridgehead atoms. The lowest BCUT2D eigenvalue weighted by atomic mass is 10.2. The lowest BCUT2D eigenvalue weighted by Gasteiger charge is -2.14. The second kappa shape index (κ2) is 13.4. The van der Waals surface area contributed by atoms with Gasteiger partial charge in [-0.05, 0) is 48.5 Å². The Kier molecular flexibility index (Phi) is 10.6. The highest BCUT2D eigenvalue weighted by molar-refractivity contribution is 7.80. The average Bonchev–Trinajstić information content (AvgIpc) is 2.88. The van der Waals surface area contributed by atoms with Crippen molar-refractivity contribution in [2.24, 2.45) is 10.2 Å². The number of benzene rings is 2. The van der Waals surface area contributed by atoms with E-state index in [9.17, 15) is 19.2 Å². The summed E-state index contributed by atoms with van der Waals surface area (Å²) >= 11 is 8.07. The second-order valence-electron chi connectivity index (χ2n) is 6.76. The Bertz CT molecular complexity index is 961. The predicted octanol–water partition coefficient (Wildman–Crippen LogP) is 2.50. The number of rotatable bonds is 10. The molecular formula is C22H24N4O6S2. The molecule has 2 aromatic rings. The predicted molar refractivity (Wildman–Crippen MR) is 131 cm³/mol. The van der Waals surface area contributed by atoms with E-state index in [2.05, 4.69) is 55.6 Å². The topological polar surface area (TPSA) is 136 Å². The van der Waals surface area contributed by atoms with Gasteiger partial charge in [-0.25, -0.2) is 9.59 Å². The summed E-state index contributed by atoms with van der Waals surface area (Å²) in [6.45, 7) is 0. The molecule has 0 fully saturated rings. The summed E-state index contributed by atoms with van der Waals surface area (Å²) in [4.78, 5) is 47.7. The lowest BCUT2D eigenvalue weighted by molar-refractivity contribution is -0.143.